The number of nitrogens with one attached hydrogen (secondary N) is 1. The zero-order chi connectivity index (χ0) is 22.7. The van der Waals surface area contributed by atoms with Crippen LogP contribution in [0.3, 0.4) is 0 Å². The quantitative estimate of drug-likeness (QED) is 0.591. The summed E-state index contributed by atoms with van der Waals surface area (Å²) in [7, 11) is 0. The average molecular weight is 452 g/mol. The molecular weight excluding hydrogens is 426 g/mol. The van der Waals surface area contributed by atoms with Gasteiger partial charge in [0, 0.05) is 23.6 Å². The molecule has 3 aromatic rings. The second kappa shape index (κ2) is 9.12. The number of nitrogens with zero attached hydrogens (tertiary/aromatic N) is 4. The first-order valence-electron chi connectivity index (χ1n) is 10.4. The molecule has 0 bridgehead atoms. The van der Waals surface area contributed by atoms with Crippen molar-refractivity contribution >= 4 is 29.3 Å². The number of carbonyl (C=O) groups is 2. The lowest BCUT2D eigenvalue weighted by Gasteiger charge is -2.26. The van der Waals surface area contributed by atoms with Crippen LogP contribution in [-0.2, 0) is 20.7 Å². The van der Waals surface area contributed by atoms with E-state index in [1.165, 1.54) is 16.7 Å². The number of para-hydroxylation sites is 1. The van der Waals surface area contributed by atoms with Crippen LogP contribution in [0.5, 0.6) is 0 Å². The van der Waals surface area contributed by atoms with Gasteiger partial charge in [0.15, 0.2) is 5.82 Å². The highest BCUT2D eigenvalue weighted by Gasteiger charge is 2.34. The minimum absolute atomic E-state index is 0.138. The van der Waals surface area contributed by atoms with E-state index >= 15 is 0 Å². The van der Waals surface area contributed by atoms with E-state index in [1.807, 2.05) is 57.2 Å². The molecule has 1 amide bonds. The molecule has 1 aliphatic rings. The third-order valence-corrected chi connectivity index (χ3v) is 5.99. The van der Waals surface area contributed by atoms with E-state index in [4.69, 9.17) is 4.74 Å². The Bertz CT molecular complexity index is 1110. The molecule has 0 radical (unpaired) electrons. The van der Waals surface area contributed by atoms with Crippen LogP contribution in [0.1, 0.15) is 32.8 Å². The monoisotopic (exact) mass is 451 g/mol. The highest BCUT2D eigenvalue weighted by molar-refractivity contribution is 8.00. The van der Waals surface area contributed by atoms with Crippen molar-refractivity contribution < 1.29 is 14.3 Å². The Morgan fingerprint density at radius 3 is 2.72 bits per heavy atom. The summed E-state index contributed by atoms with van der Waals surface area (Å²) in [4.78, 5) is 36.1. The fraction of sp³-hybridized carbons (Fsp3) is 0.348. The summed E-state index contributed by atoms with van der Waals surface area (Å²) in [5.41, 5.74) is 2.02. The molecular formula is C23H25N5O3S. The number of benzene rings is 1. The van der Waals surface area contributed by atoms with Gasteiger partial charge in [0.05, 0.1) is 5.25 Å². The van der Waals surface area contributed by atoms with Gasteiger partial charge in [-0.05, 0) is 57.4 Å². The van der Waals surface area contributed by atoms with Crippen LogP contribution in [0.25, 0.3) is 11.4 Å². The molecule has 0 fully saturated rings. The van der Waals surface area contributed by atoms with Crippen LogP contribution in [0.2, 0.25) is 0 Å². The number of H-pyrrole nitrogens is 1. The number of anilines is 1. The number of rotatable bonds is 5. The smallest absolute Gasteiger partial charge is 0.326 e. The van der Waals surface area contributed by atoms with Gasteiger partial charge in [0.2, 0.25) is 11.1 Å². The average Bonchev–Trinajstić information content (AvgIpc) is 3.18. The molecule has 166 valence electrons. The van der Waals surface area contributed by atoms with Crippen molar-refractivity contribution in [3.63, 3.8) is 0 Å². The third-order valence-electron chi connectivity index (χ3n) is 4.87. The van der Waals surface area contributed by atoms with Crippen molar-refractivity contribution in [1.82, 2.24) is 20.2 Å². The van der Waals surface area contributed by atoms with Crippen LogP contribution >= 0.6 is 11.8 Å². The van der Waals surface area contributed by atoms with Crippen LogP contribution in [0, 0.1) is 0 Å². The van der Waals surface area contributed by atoms with Gasteiger partial charge in [-0.15, -0.1) is 5.10 Å². The summed E-state index contributed by atoms with van der Waals surface area (Å²) in [5.74, 6) is 0.0232. The van der Waals surface area contributed by atoms with Crippen LogP contribution < -0.4 is 4.90 Å². The molecule has 0 aliphatic carbocycles. The topological polar surface area (TPSA) is 101 Å². The first kappa shape index (κ1) is 22.0. The van der Waals surface area contributed by atoms with Crippen molar-refractivity contribution in [1.29, 1.82) is 0 Å². The number of carbonyl (C=O) groups excluding carboxylic acids is 2. The van der Waals surface area contributed by atoms with Gasteiger partial charge in [0.25, 0.3) is 0 Å². The number of aryl methyl sites for hydroxylation is 1. The number of pyridine rings is 1. The lowest BCUT2D eigenvalue weighted by molar-refractivity contribution is -0.153. The molecule has 32 heavy (non-hydrogen) atoms. The fourth-order valence-corrected chi connectivity index (χ4v) is 4.49. The van der Waals surface area contributed by atoms with E-state index in [0.717, 1.165) is 16.8 Å². The Hall–Kier alpha value is -3.20. The van der Waals surface area contributed by atoms with Crippen LogP contribution in [0.4, 0.5) is 5.69 Å². The number of ether oxygens (including phenoxy) is 1. The first-order valence-corrected chi connectivity index (χ1v) is 11.3. The van der Waals surface area contributed by atoms with Gasteiger partial charge in [0.1, 0.15) is 12.1 Å². The first-order chi connectivity index (χ1) is 15.3. The van der Waals surface area contributed by atoms with E-state index in [2.05, 4.69) is 20.2 Å². The summed E-state index contributed by atoms with van der Waals surface area (Å²) >= 11 is 1.30. The van der Waals surface area contributed by atoms with Crippen LogP contribution in [0.15, 0.2) is 53.9 Å². The number of thioether (sulfide) groups is 1. The van der Waals surface area contributed by atoms with E-state index in [1.54, 1.807) is 12.4 Å². The molecule has 3 heterocycles. The predicted octanol–water partition coefficient (Wildman–Crippen LogP) is 3.65. The number of amides is 1. The molecule has 2 aromatic heterocycles. The fourth-order valence-electron chi connectivity index (χ4n) is 3.53. The Morgan fingerprint density at radius 1 is 1.22 bits per heavy atom. The molecule has 0 saturated heterocycles. The van der Waals surface area contributed by atoms with Crippen molar-refractivity contribution in [2.75, 3.05) is 11.4 Å². The van der Waals surface area contributed by atoms with E-state index in [9.17, 15) is 9.59 Å². The van der Waals surface area contributed by atoms with Gasteiger partial charge in [-0.3, -0.25) is 24.6 Å². The van der Waals surface area contributed by atoms with E-state index < -0.39 is 16.8 Å². The highest BCUT2D eigenvalue weighted by atomic mass is 32.2. The summed E-state index contributed by atoms with van der Waals surface area (Å²) in [6, 6.07) is 11.4. The Kier molecular flexibility index (Phi) is 6.27. The molecule has 8 nitrogen and oxygen atoms in total. The maximum atomic E-state index is 13.5. The van der Waals surface area contributed by atoms with Crippen molar-refractivity contribution in [3.8, 4) is 11.4 Å². The highest BCUT2D eigenvalue weighted by Crippen LogP contribution is 2.34. The van der Waals surface area contributed by atoms with Gasteiger partial charge in [-0.2, -0.15) is 0 Å². The van der Waals surface area contributed by atoms with Gasteiger partial charge < -0.3 is 4.74 Å². The molecule has 1 atom stereocenters. The number of aromatic amines is 1. The third kappa shape index (κ3) is 5.16. The molecule has 0 saturated carbocycles. The SMILES string of the molecule is CC(C)(C)OC(=O)CN1C(=O)[C@H](Sc2n[nH]c(-c3ccncc3)n2)CCc2ccccc21. The van der Waals surface area contributed by atoms with E-state index in [-0.39, 0.29) is 12.5 Å². The number of hydrogen-bond donors (Lipinski definition) is 1. The van der Waals surface area contributed by atoms with Crippen LogP contribution in [-0.4, -0.2) is 49.4 Å². The zero-order valence-electron chi connectivity index (χ0n) is 18.2. The van der Waals surface area contributed by atoms with Crippen molar-refractivity contribution in [2.45, 2.75) is 49.6 Å². The van der Waals surface area contributed by atoms with Gasteiger partial charge in [-0.1, -0.05) is 30.0 Å². The Morgan fingerprint density at radius 2 is 1.97 bits per heavy atom. The summed E-state index contributed by atoms with van der Waals surface area (Å²) < 4.78 is 5.48. The Balaban J connectivity index is 1.56. The molecule has 0 unspecified atom stereocenters. The molecule has 1 N–H and O–H groups in total. The largest absolute Gasteiger partial charge is 0.459 e. The number of hydrogen-bond acceptors (Lipinski definition) is 7. The number of esters is 1. The normalized spacial score (nSPS) is 16.4. The lowest BCUT2D eigenvalue weighted by Crippen LogP contribution is -2.42. The Labute approximate surface area is 190 Å². The predicted molar refractivity (Wildman–Crippen MR) is 122 cm³/mol. The molecule has 1 aliphatic heterocycles. The lowest BCUT2D eigenvalue weighted by atomic mass is 10.1. The second-order valence-corrected chi connectivity index (χ2v) is 9.66. The standard InChI is InChI=1S/C23H25N5O3S/c1-23(2,3)31-19(29)14-28-17-7-5-4-6-15(17)8-9-18(21(28)30)32-22-25-20(26-27-22)16-10-12-24-13-11-16/h4-7,10-13,18H,8-9,14H2,1-3H3,(H,25,26,27)/t18-/m1/s1. The zero-order valence-corrected chi connectivity index (χ0v) is 19.1. The maximum Gasteiger partial charge on any atom is 0.326 e. The summed E-state index contributed by atoms with van der Waals surface area (Å²) in [5, 5.41) is 7.26. The molecule has 4 rings (SSSR count). The maximum absolute atomic E-state index is 13.5. The number of aromatic nitrogens is 4. The summed E-state index contributed by atoms with van der Waals surface area (Å²) in [6.45, 7) is 5.29. The summed E-state index contributed by atoms with van der Waals surface area (Å²) in [6.07, 6.45) is 4.70. The van der Waals surface area contributed by atoms with Gasteiger partial charge in [-0.25, -0.2) is 4.98 Å². The molecule has 9 heteroatoms. The number of fused-ring (bicyclic) bond motifs is 1. The second-order valence-electron chi connectivity index (χ2n) is 8.49. The van der Waals surface area contributed by atoms with Crippen molar-refractivity contribution in [2.24, 2.45) is 0 Å². The minimum Gasteiger partial charge on any atom is -0.459 e. The van der Waals surface area contributed by atoms with E-state index in [0.29, 0.717) is 23.8 Å². The molecule has 0 spiro atoms. The van der Waals surface area contributed by atoms with Gasteiger partial charge >= 0.3 is 5.97 Å². The van der Waals surface area contributed by atoms with Crippen molar-refractivity contribution in [3.05, 3.63) is 54.4 Å². The minimum atomic E-state index is -0.623. The molecule has 1 aromatic carbocycles.